The predicted molar refractivity (Wildman–Crippen MR) is 80.8 cm³/mol. The Morgan fingerprint density at radius 3 is 2.68 bits per heavy atom. The molecule has 0 spiro atoms. The van der Waals surface area contributed by atoms with Crippen molar-refractivity contribution in [3.05, 3.63) is 15.9 Å². The summed E-state index contributed by atoms with van der Waals surface area (Å²) in [5, 5.41) is 0. The summed E-state index contributed by atoms with van der Waals surface area (Å²) in [6.45, 7) is 0.680. The van der Waals surface area contributed by atoms with Crippen LogP contribution < -0.4 is 0 Å². The van der Waals surface area contributed by atoms with Crippen LogP contribution >= 0.6 is 27.3 Å². The Bertz CT molecular complexity index is 569. The molecule has 3 atom stereocenters. The van der Waals surface area contributed by atoms with Crippen molar-refractivity contribution in [2.75, 3.05) is 13.6 Å². The monoisotopic (exact) mass is 363 g/mol. The first-order valence-corrected chi connectivity index (χ1v) is 9.73. The zero-order valence-electron chi connectivity index (χ0n) is 10.9. The molecule has 0 N–H and O–H groups in total. The fourth-order valence-electron chi connectivity index (χ4n) is 3.62. The summed E-state index contributed by atoms with van der Waals surface area (Å²) < 4.78 is 27.8. The van der Waals surface area contributed by atoms with Crippen LogP contribution in [0.25, 0.3) is 0 Å². The van der Waals surface area contributed by atoms with Gasteiger partial charge in [0.15, 0.2) is 0 Å². The third-order valence-electron chi connectivity index (χ3n) is 4.59. The maximum absolute atomic E-state index is 12.5. The van der Waals surface area contributed by atoms with Crippen LogP contribution in [0.3, 0.4) is 0 Å². The zero-order valence-corrected chi connectivity index (χ0v) is 14.1. The summed E-state index contributed by atoms with van der Waals surface area (Å²) >= 11 is 4.61. The van der Waals surface area contributed by atoms with Gasteiger partial charge in [-0.25, -0.2) is 8.42 Å². The van der Waals surface area contributed by atoms with Crippen molar-refractivity contribution in [1.29, 1.82) is 0 Å². The minimum Gasteiger partial charge on any atom is -0.206 e. The van der Waals surface area contributed by atoms with Gasteiger partial charge in [-0.05, 0) is 65.1 Å². The molecular formula is C13H18BrNO2S2. The van der Waals surface area contributed by atoms with E-state index >= 15 is 0 Å². The second-order valence-electron chi connectivity index (χ2n) is 5.78. The smallest absolute Gasteiger partial charge is 0.206 e. The van der Waals surface area contributed by atoms with Gasteiger partial charge in [-0.15, -0.1) is 11.3 Å². The molecular weight excluding hydrogens is 346 g/mol. The molecule has 1 aromatic heterocycles. The fraction of sp³-hybridized carbons (Fsp3) is 0.692. The van der Waals surface area contributed by atoms with Crippen LogP contribution in [0.5, 0.6) is 0 Å². The first-order chi connectivity index (χ1) is 8.96. The molecule has 3 unspecified atom stereocenters. The van der Waals surface area contributed by atoms with Crippen LogP contribution in [0.15, 0.2) is 20.1 Å². The van der Waals surface area contributed by atoms with Crippen molar-refractivity contribution in [2.24, 2.45) is 17.8 Å². The highest BCUT2D eigenvalue weighted by molar-refractivity contribution is 9.11. The van der Waals surface area contributed by atoms with Crippen molar-refractivity contribution in [3.8, 4) is 0 Å². The van der Waals surface area contributed by atoms with Crippen molar-refractivity contribution in [3.63, 3.8) is 0 Å². The van der Waals surface area contributed by atoms with Crippen molar-refractivity contribution in [2.45, 2.75) is 29.9 Å². The molecule has 106 valence electrons. The first-order valence-electron chi connectivity index (χ1n) is 6.68. The lowest BCUT2D eigenvalue weighted by molar-refractivity contribution is 0.280. The van der Waals surface area contributed by atoms with Crippen molar-refractivity contribution < 1.29 is 8.42 Å². The Balaban J connectivity index is 1.71. The van der Waals surface area contributed by atoms with E-state index in [0.717, 1.165) is 15.6 Å². The highest BCUT2D eigenvalue weighted by Gasteiger charge is 2.41. The standard InChI is InChI=1S/C13H18BrNO2S2/c1-15(8-11-7-9-2-3-10(11)6-9)19(16,17)13-5-4-12(14)18-13/h4-5,9-11H,2-3,6-8H2,1H3. The quantitative estimate of drug-likeness (QED) is 0.819. The van der Waals surface area contributed by atoms with E-state index in [9.17, 15) is 8.42 Å². The van der Waals surface area contributed by atoms with Gasteiger partial charge in [0.25, 0.3) is 10.0 Å². The Kier molecular flexibility index (Phi) is 3.79. The summed E-state index contributed by atoms with van der Waals surface area (Å²) in [5.41, 5.74) is 0. The SMILES string of the molecule is CN(CC1CC2CCC1C2)S(=O)(=O)c1ccc(Br)s1. The molecule has 1 aromatic rings. The summed E-state index contributed by atoms with van der Waals surface area (Å²) in [6.07, 6.45) is 5.20. The van der Waals surface area contributed by atoms with Gasteiger partial charge in [-0.3, -0.25) is 0 Å². The molecule has 0 aromatic carbocycles. The summed E-state index contributed by atoms with van der Waals surface area (Å²) in [7, 11) is -1.58. The summed E-state index contributed by atoms with van der Waals surface area (Å²) in [5.74, 6) is 2.20. The second kappa shape index (κ2) is 5.13. The van der Waals surface area contributed by atoms with Gasteiger partial charge in [-0.1, -0.05) is 6.42 Å². The van der Waals surface area contributed by atoms with Crippen molar-refractivity contribution >= 4 is 37.3 Å². The molecule has 0 radical (unpaired) electrons. The molecule has 3 nitrogen and oxygen atoms in total. The Morgan fingerprint density at radius 1 is 1.37 bits per heavy atom. The molecule has 0 amide bonds. The molecule has 0 saturated heterocycles. The Morgan fingerprint density at radius 2 is 2.16 bits per heavy atom. The molecule has 19 heavy (non-hydrogen) atoms. The lowest BCUT2D eigenvalue weighted by Gasteiger charge is -2.26. The minimum absolute atomic E-state index is 0.435. The number of rotatable bonds is 4. The van der Waals surface area contributed by atoms with Gasteiger partial charge in [0.05, 0.1) is 3.79 Å². The van der Waals surface area contributed by atoms with Crippen LogP contribution in [0.1, 0.15) is 25.7 Å². The lowest BCUT2D eigenvalue weighted by Crippen LogP contribution is -2.33. The van der Waals surface area contributed by atoms with E-state index in [4.69, 9.17) is 0 Å². The normalized spacial score (nSPS) is 30.4. The summed E-state index contributed by atoms with van der Waals surface area (Å²) in [4.78, 5) is 0. The zero-order chi connectivity index (χ0) is 13.6. The minimum atomic E-state index is -3.30. The largest absolute Gasteiger partial charge is 0.252 e. The van der Waals surface area contributed by atoms with Crippen LogP contribution in [-0.4, -0.2) is 26.3 Å². The molecule has 2 aliphatic rings. The highest BCUT2D eigenvalue weighted by Crippen LogP contribution is 2.48. The van der Waals surface area contributed by atoms with Gasteiger partial charge in [-0.2, -0.15) is 4.31 Å². The highest BCUT2D eigenvalue weighted by atomic mass is 79.9. The van der Waals surface area contributed by atoms with Crippen LogP contribution in [0, 0.1) is 17.8 Å². The molecule has 6 heteroatoms. The maximum Gasteiger partial charge on any atom is 0.252 e. The number of fused-ring (bicyclic) bond motifs is 2. The molecule has 2 aliphatic carbocycles. The van der Waals surface area contributed by atoms with E-state index in [-0.39, 0.29) is 0 Å². The molecule has 1 heterocycles. The lowest BCUT2D eigenvalue weighted by atomic mass is 9.89. The van der Waals surface area contributed by atoms with Crippen LogP contribution in [0.2, 0.25) is 0 Å². The van der Waals surface area contributed by atoms with Crippen LogP contribution in [-0.2, 0) is 10.0 Å². The Labute approximate surface area is 127 Å². The topological polar surface area (TPSA) is 37.4 Å². The maximum atomic E-state index is 12.5. The van der Waals surface area contributed by atoms with E-state index < -0.39 is 10.0 Å². The van der Waals surface area contributed by atoms with E-state index in [0.29, 0.717) is 16.7 Å². The van der Waals surface area contributed by atoms with E-state index in [2.05, 4.69) is 15.9 Å². The van der Waals surface area contributed by atoms with Gasteiger partial charge >= 0.3 is 0 Å². The number of sulfonamides is 1. The number of thiophene rings is 1. The van der Waals surface area contributed by atoms with Crippen LogP contribution in [0.4, 0.5) is 0 Å². The van der Waals surface area contributed by atoms with Crippen molar-refractivity contribution in [1.82, 2.24) is 4.31 Å². The van der Waals surface area contributed by atoms with Gasteiger partial charge < -0.3 is 0 Å². The average Bonchev–Trinajstić information content (AvgIpc) is 3.04. The van der Waals surface area contributed by atoms with E-state index in [1.54, 1.807) is 23.5 Å². The fourth-order valence-corrected chi connectivity index (χ4v) is 7.07. The molecule has 2 fully saturated rings. The molecule has 2 bridgehead atoms. The number of nitrogens with zero attached hydrogens (tertiary/aromatic N) is 1. The van der Waals surface area contributed by atoms with E-state index in [1.165, 1.54) is 37.0 Å². The van der Waals surface area contributed by atoms with E-state index in [1.807, 2.05) is 0 Å². The van der Waals surface area contributed by atoms with Gasteiger partial charge in [0.1, 0.15) is 4.21 Å². The van der Waals surface area contributed by atoms with Gasteiger partial charge in [0, 0.05) is 13.6 Å². The average molecular weight is 364 g/mol. The summed E-state index contributed by atoms with van der Waals surface area (Å²) in [6, 6.07) is 3.48. The molecule has 3 rings (SSSR count). The Hall–Kier alpha value is 0.0900. The number of hydrogen-bond donors (Lipinski definition) is 0. The third kappa shape index (κ3) is 2.64. The number of hydrogen-bond acceptors (Lipinski definition) is 3. The predicted octanol–water partition coefficient (Wildman–Crippen LogP) is 3.57. The molecule has 0 aliphatic heterocycles. The third-order valence-corrected chi connectivity index (χ3v) is 8.50. The second-order valence-corrected chi connectivity index (χ2v) is 10.5. The molecule has 2 saturated carbocycles. The first kappa shape index (κ1) is 14.0. The van der Waals surface area contributed by atoms with Gasteiger partial charge in [0.2, 0.25) is 0 Å². The number of halogens is 1.